The zero-order chi connectivity index (χ0) is 11.0. The van der Waals surface area contributed by atoms with Gasteiger partial charge in [-0.2, -0.15) is 5.26 Å². The molecule has 0 fully saturated rings. The summed E-state index contributed by atoms with van der Waals surface area (Å²) in [4.78, 5) is 17.1. The van der Waals surface area contributed by atoms with Gasteiger partial charge in [-0.25, -0.2) is 5.84 Å². The van der Waals surface area contributed by atoms with Gasteiger partial charge in [-0.15, -0.1) is 0 Å². The fourth-order valence-corrected chi connectivity index (χ4v) is 0.999. The molecule has 1 atom stereocenters. The van der Waals surface area contributed by atoms with Gasteiger partial charge in [0.25, 0.3) is 0 Å². The number of nitriles is 1. The number of hydrazine groups is 1. The summed E-state index contributed by atoms with van der Waals surface area (Å²) in [6, 6.07) is 2.12. The Kier molecular flexibility index (Phi) is 6.66. The molecule has 0 heterocycles. The lowest BCUT2D eigenvalue weighted by atomic mass is 10.2. The Hall–Kier alpha value is -1.16. The lowest BCUT2D eigenvalue weighted by molar-refractivity contribution is -0.151. The third kappa shape index (κ3) is 6.37. The minimum Gasteiger partial charge on any atom is -0.356 e. The molecule has 0 aliphatic heterocycles. The highest BCUT2D eigenvalue weighted by Gasteiger charge is 2.08. The number of carbonyl (C=O) groups excluding carboxylic acids is 1. The van der Waals surface area contributed by atoms with E-state index in [0.29, 0.717) is 13.1 Å². The summed E-state index contributed by atoms with van der Waals surface area (Å²) >= 11 is 0. The van der Waals surface area contributed by atoms with Gasteiger partial charge in [-0.05, 0) is 14.0 Å². The predicted octanol–water partition coefficient (Wildman–Crippen LogP) is -0.611. The minimum atomic E-state index is -0.413. The molecule has 0 spiro atoms. The van der Waals surface area contributed by atoms with E-state index in [1.165, 1.54) is 0 Å². The van der Waals surface area contributed by atoms with Gasteiger partial charge in [-0.3, -0.25) is 4.79 Å². The topological polar surface area (TPSA) is 91.4 Å². The van der Waals surface area contributed by atoms with Crippen LogP contribution >= 0.6 is 0 Å². The number of carbonyl (C=O) groups is 1. The second kappa shape index (κ2) is 7.26. The molecule has 0 aromatic heterocycles. The maximum absolute atomic E-state index is 10.8. The zero-order valence-corrected chi connectivity index (χ0v) is 8.49. The first kappa shape index (κ1) is 12.8. The molecule has 0 saturated heterocycles. The van der Waals surface area contributed by atoms with Crippen LogP contribution in [0.1, 0.15) is 13.3 Å². The predicted molar refractivity (Wildman–Crippen MR) is 50.3 cm³/mol. The number of hydrogen-bond acceptors (Lipinski definition) is 6. The van der Waals surface area contributed by atoms with Gasteiger partial charge in [0, 0.05) is 13.1 Å². The smallest absolute Gasteiger partial charge is 0.327 e. The van der Waals surface area contributed by atoms with Crippen molar-refractivity contribution in [3.05, 3.63) is 0 Å². The highest BCUT2D eigenvalue weighted by atomic mass is 16.7. The first-order valence-corrected chi connectivity index (χ1v) is 4.33. The molecule has 14 heavy (non-hydrogen) atoms. The van der Waals surface area contributed by atoms with Gasteiger partial charge >= 0.3 is 5.97 Å². The van der Waals surface area contributed by atoms with Crippen LogP contribution in [0.4, 0.5) is 0 Å². The van der Waals surface area contributed by atoms with E-state index in [9.17, 15) is 4.79 Å². The molecule has 6 nitrogen and oxygen atoms in total. The van der Waals surface area contributed by atoms with Crippen LogP contribution in [0.2, 0.25) is 0 Å². The van der Waals surface area contributed by atoms with Crippen LogP contribution in [-0.4, -0.2) is 31.0 Å². The van der Waals surface area contributed by atoms with Crippen molar-refractivity contribution in [3.8, 4) is 6.07 Å². The monoisotopic (exact) mass is 200 g/mol. The van der Waals surface area contributed by atoms with Crippen LogP contribution in [0.3, 0.4) is 0 Å². The van der Waals surface area contributed by atoms with Crippen LogP contribution in [0.5, 0.6) is 0 Å². The normalized spacial score (nSPS) is 12.2. The second-order valence-electron chi connectivity index (χ2n) is 3.13. The van der Waals surface area contributed by atoms with Crippen LogP contribution in [0.25, 0.3) is 0 Å². The van der Waals surface area contributed by atoms with Crippen molar-refractivity contribution in [2.24, 2.45) is 11.8 Å². The molecule has 0 saturated carbocycles. The molecule has 0 aromatic rings. The Morgan fingerprint density at radius 3 is 2.93 bits per heavy atom. The number of nitrogens with one attached hydrogen (secondary N) is 1. The van der Waals surface area contributed by atoms with Crippen LogP contribution in [0.15, 0.2) is 0 Å². The average molecular weight is 200 g/mol. The fourth-order valence-electron chi connectivity index (χ4n) is 0.999. The molecule has 0 aliphatic rings. The summed E-state index contributed by atoms with van der Waals surface area (Å²) in [6.07, 6.45) is 0.249. The maximum Gasteiger partial charge on any atom is 0.327 e. The van der Waals surface area contributed by atoms with Crippen molar-refractivity contribution in [1.29, 1.82) is 5.26 Å². The van der Waals surface area contributed by atoms with Gasteiger partial charge in [0.15, 0.2) is 0 Å². The summed E-state index contributed by atoms with van der Waals surface area (Å²) in [5.74, 6) is 4.34. The maximum atomic E-state index is 10.8. The standard InChI is InChI=1S/C8H16N4O2/c1-7(5-9)6-12(2)4-3-8(13)14-11-10/h7,11H,3-4,6,10H2,1-2H3. The molecular weight excluding hydrogens is 184 g/mol. The lowest BCUT2D eigenvalue weighted by Gasteiger charge is -2.16. The Morgan fingerprint density at radius 1 is 1.79 bits per heavy atom. The van der Waals surface area contributed by atoms with Crippen molar-refractivity contribution in [3.63, 3.8) is 0 Å². The molecular formula is C8H16N4O2. The van der Waals surface area contributed by atoms with E-state index in [2.05, 4.69) is 10.9 Å². The fraction of sp³-hybridized carbons (Fsp3) is 0.750. The Labute approximate surface area is 83.5 Å². The van der Waals surface area contributed by atoms with E-state index in [1.807, 2.05) is 24.5 Å². The number of nitrogens with zero attached hydrogens (tertiary/aromatic N) is 2. The molecule has 0 bridgehead atoms. The van der Waals surface area contributed by atoms with E-state index < -0.39 is 5.97 Å². The van der Waals surface area contributed by atoms with Crippen molar-refractivity contribution in [2.45, 2.75) is 13.3 Å². The van der Waals surface area contributed by atoms with E-state index in [4.69, 9.17) is 11.1 Å². The summed E-state index contributed by atoms with van der Waals surface area (Å²) in [7, 11) is 1.84. The van der Waals surface area contributed by atoms with Crippen LogP contribution in [0, 0.1) is 17.2 Å². The molecule has 0 amide bonds. The molecule has 0 radical (unpaired) electrons. The first-order chi connectivity index (χ1) is 6.60. The molecule has 0 aromatic carbocycles. The molecule has 6 heteroatoms. The Balaban J connectivity index is 3.59. The molecule has 1 unspecified atom stereocenters. The molecule has 80 valence electrons. The van der Waals surface area contributed by atoms with Crippen molar-refractivity contribution < 1.29 is 9.63 Å². The van der Waals surface area contributed by atoms with Gasteiger partial charge in [0.2, 0.25) is 0 Å². The van der Waals surface area contributed by atoms with E-state index in [0.717, 1.165) is 0 Å². The summed E-state index contributed by atoms with van der Waals surface area (Å²) in [5, 5.41) is 8.55. The largest absolute Gasteiger partial charge is 0.356 e. The third-order valence-corrected chi connectivity index (χ3v) is 1.68. The summed E-state index contributed by atoms with van der Waals surface area (Å²) < 4.78 is 0. The van der Waals surface area contributed by atoms with Crippen LogP contribution in [-0.2, 0) is 9.63 Å². The molecule has 0 aliphatic carbocycles. The minimum absolute atomic E-state index is 0.0383. The third-order valence-electron chi connectivity index (χ3n) is 1.68. The Morgan fingerprint density at radius 2 is 2.43 bits per heavy atom. The van der Waals surface area contributed by atoms with Gasteiger partial charge in [0.1, 0.15) is 0 Å². The van der Waals surface area contributed by atoms with Crippen molar-refractivity contribution >= 4 is 5.97 Å². The van der Waals surface area contributed by atoms with Gasteiger partial charge in [0.05, 0.1) is 18.4 Å². The van der Waals surface area contributed by atoms with Crippen LogP contribution < -0.4 is 11.4 Å². The highest BCUT2D eigenvalue weighted by Crippen LogP contribution is 1.97. The number of nitrogens with two attached hydrogens (primary N) is 1. The van der Waals surface area contributed by atoms with E-state index in [-0.39, 0.29) is 12.3 Å². The van der Waals surface area contributed by atoms with E-state index >= 15 is 0 Å². The highest BCUT2D eigenvalue weighted by molar-refractivity contribution is 5.69. The van der Waals surface area contributed by atoms with Gasteiger partial charge < -0.3 is 9.74 Å². The van der Waals surface area contributed by atoms with E-state index in [1.54, 1.807) is 0 Å². The molecule has 0 rings (SSSR count). The van der Waals surface area contributed by atoms with Gasteiger partial charge in [-0.1, -0.05) is 5.59 Å². The SMILES string of the molecule is CC(C#N)CN(C)CCC(=O)ONN. The Bertz CT molecular complexity index is 214. The molecule has 3 N–H and O–H groups in total. The number of rotatable bonds is 6. The van der Waals surface area contributed by atoms with Crippen molar-refractivity contribution in [1.82, 2.24) is 10.5 Å². The first-order valence-electron chi connectivity index (χ1n) is 4.33. The summed E-state index contributed by atoms with van der Waals surface area (Å²) in [6.45, 7) is 3.02. The second-order valence-corrected chi connectivity index (χ2v) is 3.13. The quantitative estimate of drug-likeness (QED) is 0.439. The number of hydrogen-bond donors (Lipinski definition) is 2. The summed E-state index contributed by atoms with van der Waals surface area (Å²) in [5.41, 5.74) is 1.82. The average Bonchev–Trinajstić information content (AvgIpc) is 2.15. The lowest BCUT2D eigenvalue weighted by Crippen LogP contribution is -2.30. The zero-order valence-electron chi connectivity index (χ0n) is 8.49. The van der Waals surface area contributed by atoms with Crippen molar-refractivity contribution in [2.75, 3.05) is 20.1 Å².